The Morgan fingerprint density at radius 1 is 1.16 bits per heavy atom. The van der Waals surface area contributed by atoms with Gasteiger partial charge in [-0.2, -0.15) is 0 Å². The molecule has 0 bridgehead atoms. The number of halogens is 1. The average Bonchev–Trinajstić information content (AvgIpc) is 3.00. The first kappa shape index (κ1) is 12.8. The summed E-state index contributed by atoms with van der Waals surface area (Å²) in [5.41, 5.74) is 2.94. The third-order valence-corrected chi connectivity index (χ3v) is 6.93. The van der Waals surface area contributed by atoms with E-state index in [0.29, 0.717) is 11.4 Å². The summed E-state index contributed by atoms with van der Waals surface area (Å²) in [5, 5.41) is 2.22. The Kier molecular flexibility index (Phi) is 2.98. The standard InChI is InChI=1S/C21H16FN2Se/c1-12-5-7-16-15-8-6-14(23-3)9-19(15)25-21(16)20(12)18-10-17(22)13(2)11-24(18)4/h5-11H,1-2,4H3/q+1/i2D3. The van der Waals surface area contributed by atoms with Gasteiger partial charge in [-0.05, 0) is 0 Å². The molecule has 4 aromatic rings. The summed E-state index contributed by atoms with van der Waals surface area (Å²) >= 11 is -0.0150. The van der Waals surface area contributed by atoms with Crippen molar-refractivity contribution in [2.75, 3.05) is 0 Å². The van der Waals surface area contributed by atoms with E-state index < -0.39 is 12.7 Å². The van der Waals surface area contributed by atoms with Gasteiger partial charge in [-0.15, -0.1) is 0 Å². The van der Waals surface area contributed by atoms with E-state index in [9.17, 15) is 4.39 Å². The van der Waals surface area contributed by atoms with E-state index in [2.05, 4.69) is 10.9 Å². The van der Waals surface area contributed by atoms with Crippen LogP contribution in [-0.2, 0) is 7.05 Å². The summed E-state index contributed by atoms with van der Waals surface area (Å²) in [6, 6.07) is 11.1. The Bertz CT molecular complexity index is 1300. The van der Waals surface area contributed by atoms with Gasteiger partial charge in [-0.25, -0.2) is 0 Å². The second-order valence-electron chi connectivity index (χ2n) is 6.06. The monoisotopic (exact) mass is 398 g/mol. The van der Waals surface area contributed by atoms with Crippen molar-refractivity contribution in [2.45, 2.75) is 13.8 Å². The van der Waals surface area contributed by atoms with Crippen LogP contribution in [0.4, 0.5) is 10.1 Å². The molecule has 0 aliphatic heterocycles. The molecule has 0 fully saturated rings. The van der Waals surface area contributed by atoms with Gasteiger partial charge in [0, 0.05) is 0 Å². The van der Waals surface area contributed by atoms with Crippen molar-refractivity contribution in [1.29, 1.82) is 0 Å². The predicted molar refractivity (Wildman–Crippen MR) is 101 cm³/mol. The van der Waals surface area contributed by atoms with Gasteiger partial charge in [0.05, 0.1) is 0 Å². The van der Waals surface area contributed by atoms with Gasteiger partial charge in [0.2, 0.25) is 0 Å². The Balaban J connectivity index is 2.05. The van der Waals surface area contributed by atoms with E-state index in [-0.39, 0.29) is 20.1 Å². The number of nitrogens with zero attached hydrogens (tertiary/aromatic N) is 2. The van der Waals surface area contributed by atoms with Gasteiger partial charge < -0.3 is 0 Å². The molecule has 0 atom stereocenters. The van der Waals surface area contributed by atoms with E-state index in [1.54, 1.807) is 11.6 Å². The number of aryl methyl sites for hydroxylation is 3. The molecule has 0 aliphatic carbocycles. The quantitative estimate of drug-likeness (QED) is 0.247. The summed E-state index contributed by atoms with van der Waals surface area (Å²) in [5.74, 6) is -0.719. The number of pyridine rings is 1. The predicted octanol–water partition coefficient (Wildman–Crippen LogP) is 4.85. The second kappa shape index (κ2) is 5.81. The molecule has 0 unspecified atom stereocenters. The van der Waals surface area contributed by atoms with Crippen LogP contribution in [0.15, 0.2) is 42.6 Å². The Morgan fingerprint density at radius 3 is 2.72 bits per heavy atom. The Morgan fingerprint density at radius 2 is 1.96 bits per heavy atom. The number of rotatable bonds is 1. The third-order valence-electron chi connectivity index (χ3n) is 4.44. The number of aromatic nitrogens is 1. The molecule has 2 heterocycles. The Labute approximate surface area is 155 Å². The van der Waals surface area contributed by atoms with Crippen molar-refractivity contribution in [3.05, 3.63) is 71.0 Å². The van der Waals surface area contributed by atoms with E-state index in [4.69, 9.17) is 10.7 Å². The number of fused-ring (bicyclic) bond motifs is 3. The van der Waals surface area contributed by atoms with Crippen molar-refractivity contribution in [3.63, 3.8) is 0 Å². The van der Waals surface area contributed by atoms with Crippen LogP contribution < -0.4 is 4.57 Å². The zero-order valence-electron chi connectivity index (χ0n) is 16.7. The van der Waals surface area contributed by atoms with Gasteiger partial charge in [0.15, 0.2) is 0 Å². The van der Waals surface area contributed by atoms with Gasteiger partial charge in [0.25, 0.3) is 0 Å². The molecular formula is C21H16FN2Se+. The minimum atomic E-state index is -2.50. The Hall–Kier alpha value is -2.47. The third kappa shape index (κ3) is 2.48. The molecule has 0 N–H and O–H groups in total. The maximum atomic E-state index is 14.7. The van der Waals surface area contributed by atoms with Crippen molar-refractivity contribution in [1.82, 2.24) is 0 Å². The van der Waals surface area contributed by atoms with Crippen molar-refractivity contribution in [3.8, 4) is 11.3 Å². The fraction of sp³-hybridized carbons (Fsp3) is 0.143. The van der Waals surface area contributed by atoms with Crippen LogP contribution in [0, 0.1) is 26.2 Å². The van der Waals surface area contributed by atoms with Crippen molar-refractivity contribution < 1.29 is 13.1 Å². The summed E-state index contributed by atoms with van der Waals surface area (Å²) < 4.78 is 41.2. The topological polar surface area (TPSA) is 8.24 Å². The zero-order valence-corrected chi connectivity index (χ0v) is 15.4. The van der Waals surface area contributed by atoms with Crippen LogP contribution in [0.25, 0.3) is 35.4 Å². The molecule has 0 aliphatic rings. The van der Waals surface area contributed by atoms with E-state index in [0.717, 1.165) is 30.4 Å². The van der Waals surface area contributed by atoms with Gasteiger partial charge >= 0.3 is 156 Å². The number of benzene rings is 2. The first-order valence-electron chi connectivity index (χ1n) is 9.24. The molecule has 0 radical (unpaired) electrons. The molecule has 0 amide bonds. The molecule has 0 saturated heterocycles. The fourth-order valence-electron chi connectivity index (χ4n) is 3.19. The van der Waals surface area contributed by atoms with E-state index >= 15 is 0 Å². The molecule has 0 saturated carbocycles. The minimum absolute atomic E-state index is 0.0150. The number of hydrogen-bond acceptors (Lipinski definition) is 0. The van der Waals surface area contributed by atoms with Crippen LogP contribution in [0.1, 0.15) is 15.2 Å². The normalized spacial score (nSPS) is 13.4. The van der Waals surface area contributed by atoms with Crippen LogP contribution in [0.5, 0.6) is 0 Å². The van der Waals surface area contributed by atoms with E-state index in [1.807, 2.05) is 31.2 Å². The average molecular weight is 397 g/mol. The first-order valence-corrected chi connectivity index (χ1v) is 9.45. The SMILES string of the molecule is [2H]C([2H])([2H])c1c[n+](C)c(-c2c(C)ccc3c2[se]c2cc([N+]#[C-])ccc23)cc1F. The molecule has 2 nitrogen and oxygen atoms in total. The molecule has 25 heavy (non-hydrogen) atoms. The molecule has 4 rings (SSSR count). The first-order chi connectivity index (χ1) is 13.2. The molecular weight excluding hydrogens is 378 g/mol. The summed E-state index contributed by atoms with van der Waals surface area (Å²) in [6.45, 7) is 6.73. The second-order valence-corrected chi connectivity index (χ2v) is 8.27. The van der Waals surface area contributed by atoms with Crippen LogP contribution in [0.3, 0.4) is 0 Å². The summed E-state index contributed by atoms with van der Waals surface area (Å²) in [6.07, 6.45) is 1.36. The van der Waals surface area contributed by atoms with Crippen molar-refractivity contribution >= 4 is 39.5 Å². The fourth-order valence-corrected chi connectivity index (χ4v) is 6.01. The maximum absolute atomic E-state index is 14.7. The van der Waals surface area contributed by atoms with Gasteiger partial charge in [0.1, 0.15) is 0 Å². The molecule has 2 aromatic heterocycles. The van der Waals surface area contributed by atoms with Gasteiger partial charge in [-0.3, -0.25) is 0 Å². The van der Waals surface area contributed by atoms with Crippen LogP contribution >= 0.6 is 0 Å². The van der Waals surface area contributed by atoms with Crippen molar-refractivity contribution in [2.24, 2.45) is 7.05 Å². The van der Waals surface area contributed by atoms with E-state index in [1.165, 1.54) is 12.3 Å². The summed E-state index contributed by atoms with van der Waals surface area (Å²) in [4.78, 5) is 3.52. The van der Waals surface area contributed by atoms with Crippen LogP contribution in [0.2, 0.25) is 0 Å². The summed E-state index contributed by atoms with van der Waals surface area (Å²) in [7, 11) is 1.75. The number of hydrogen-bond donors (Lipinski definition) is 0. The van der Waals surface area contributed by atoms with Gasteiger partial charge in [-0.1, -0.05) is 0 Å². The molecule has 2 aromatic carbocycles. The molecule has 122 valence electrons. The van der Waals surface area contributed by atoms with Crippen LogP contribution in [-0.4, -0.2) is 14.5 Å². The molecule has 4 heteroatoms. The molecule has 0 spiro atoms. The zero-order chi connectivity index (χ0) is 20.2.